The number of amides is 1. The Morgan fingerprint density at radius 2 is 2.15 bits per heavy atom. The molecule has 1 fully saturated rings. The molecule has 2 aromatic heterocycles. The van der Waals surface area contributed by atoms with Gasteiger partial charge in [-0.2, -0.15) is 5.10 Å². The van der Waals surface area contributed by atoms with Gasteiger partial charge in [0.15, 0.2) is 5.13 Å². The Kier molecular flexibility index (Phi) is 3.31. The van der Waals surface area contributed by atoms with Crippen LogP contribution >= 0.6 is 11.3 Å². The molecule has 0 bridgehead atoms. The van der Waals surface area contributed by atoms with Crippen molar-refractivity contribution < 1.29 is 4.79 Å². The summed E-state index contributed by atoms with van der Waals surface area (Å²) >= 11 is 1.41. The third-order valence-corrected chi connectivity index (χ3v) is 3.97. The molecule has 104 valence electrons. The Morgan fingerprint density at radius 3 is 2.80 bits per heavy atom. The van der Waals surface area contributed by atoms with Crippen LogP contribution in [0.5, 0.6) is 0 Å². The Morgan fingerprint density at radius 1 is 1.35 bits per heavy atom. The van der Waals surface area contributed by atoms with E-state index in [-0.39, 0.29) is 11.8 Å². The minimum atomic E-state index is -0.0518. The molecular weight excluding hydrogens is 276 g/mol. The predicted octanol–water partition coefficient (Wildman–Crippen LogP) is 1.02. The molecule has 1 saturated heterocycles. The Balaban J connectivity index is 1.58. The topological polar surface area (TPSA) is 83.9 Å². The SMILES string of the molecule is Cc1nnc(N2CC(C(=O)Nc3nccs3)C2)nc1C. The highest BCUT2D eigenvalue weighted by atomic mass is 32.1. The summed E-state index contributed by atoms with van der Waals surface area (Å²) in [7, 11) is 0. The summed E-state index contributed by atoms with van der Waals surface area (Å²) in [6.07, 6.45) is 1.67. The first-order valence-corrected chi connectivity index (χ1v) is 7.14. The maximum atomic E-state index is 12.0. The van der Waals surface area contributed by atoms with Crippen LogP contribution < -0.4 is 10.2 Å². The molecule has 0 unspecified atom stereocenters. The number of hydrogen-bond donors (Lipinski definition) is 1. The van der Waals surface area contributed by atoms with Crippen molar-refractivity contribution >= 4 is 28.3 Å². The van der Waals surface area contributed by atoms with Crippen LogP contribution in [-0.2, 0) is 4.79 Å². The lowest BCUT2D eigenvalue weighted by Gasteiger charge is -2.37. The largest absolute Gasteiger partial charge is 0.338 e. The van der Waals surface area contributed by atoms with Crippen LogP contribution in [-0.4, -0.2) is 39.2 Å². The fraction of sp³-hybridized carbons (Fsp3) is 0.417. The number of nitrogens with one attached hydrogen (secondary N) is 1. The van der Waals surface area contributed by atoms with E-state index < -0.39 is 0 Å². The van der Waals surface area contributed by atoms with Crippen molar-refractivity contribution in [3.05, 3.63) is 23.0 Å². The highest BCUT2D eigenvalue weighted by molar-refractivity contribution is 7.13. The third kappa shape index (κ3) is 2.46. The molecule has 7 nitrogen and oxygen atoms in total. The van der Waals surface area contributed by atoms with Gasteiger partial charge in [0.05, 0.1) is 17.3 Å². The van der Waals surface area contributed by atoms with Crippen LogP contribution in [0.2, 0.25) is 0 Å². The summed E-state index contributed by atoms with van der Waals surface area (Å²) in [6.45, 7) is 5.00. The van der Waals surface area contributed by atoms with Crippen molar-refractivity contribution in [1.29, 1.82) is 0 Å². The highest BCUT2D eigenvalue weighted by Gasteiger charge is 2.34. The van der Waals surface area contributed by atoms with Crippen molar-refractivity contribution in [2.24, 2.45) is 5.92 Å². The van der Waals surface area contributed by atoms with E-state index in [2.05, 4.69) is 25.5 Å². The minimum Gasteiger partial charge on any atom is -0.338 e. The van der Waals surface area contributed by atoms with Crippen LogP contribution in [0.4, 0.5) is 11.1 Å². The third-order valence-electron chi connectivity index (χ3n) is 3.28. The van der Waals surface area contributed by atoms with E-state index >= 15 is 0 Å². The molecule has 0 spiro atoms. The van der Waals surface area contributed by atoms with Gasteiger partial charge in [-0.05, 0) is 13.8 Å². The van der Waals surface area contributed by atoms with Crippen molar-refractivity contribution in [1.82, 2.24) is 20.2 Å². The molecule has 0 aromatic carbocycles. The van der Waals surface area contributed by atoms with Crippen molar-refractivity contribution in [2.45, 2.75) is 13.8 Å². The lowest BCUT2D eigenvalue weighted by atomic mass is 10.00. The molecule has 0 radical (unpaired) electrons. The number of carbonyl (C=O) groups excluding carboxylic acids is 1. The molecule has 2 aromatic rings. The van der Waals surface area contributed by atoms with Gasteiger partial charge in [0, 0.05) is 24.7 Å². The molecule has 0 aliphatic carbocycles. The Labute approximate surface area is 120 Å². The summed E-state index contributed by atoms with van der Waals surface area (Å²) in [4.78, 5) is 22.3. The minimum absolute atomic E-state index is 0.00649. The van der Waals surface area contributed by atoms with Crippen LogP contribution in [0.25, 0.3) is 0 Å². The maximum absolute atomic E-state index is 12.0. The number of aryl methyl sites for hydroxylation is 2. The highest BCUT2D eigenvalue weighted by Crippen LogP contribution is 2.23. The zero-order valence-electron chi connectivity index (χ0n) is 11.2. The second kappa shape index (κ2) is 5.12. The van der Waals surface area contributed by atoms with E-state index in [0.717, 1.165) is 11.4 Å². The average molecular weight is 290 g/mol. The number of carbonyl (C=O) groups is 1. The van der Waals surface area contributed by atoms with Crippen LogP contribution in [0, 0.1) is 19.8 Å². The molecule has 20 heavy (non-hydrogen) atoms. The Hall–Kier alpha value is -2.09. The first-order valence-electron chi connectivity index (χ1n) is 6.26. The van der Waals surface area contributed by atoms with Crippen molar-refractivity contribution in [2.75, 3.05) is 23.3 Å². The first kappa shape index (κ1) is 12.9. The van der Waals surface area contributed by atoms with Gasteiger partial charge in [-0.3, -0.25) is 4.79 Å². The van der Waals surface area contributed by atoms with Crippen LogP contribution in [0.3, 0.4) is 0 Å². The van der Waals surface area contributed by atoms with E-state index in [4.69, 9.17) is 0 Å². The number of hydrogen-bond acceptors (Lipinski definition) is 7. The lowest BCUT2D eigenvalue weighted by Crippen LogP contribution is -2.53. The molecule has 0 atom stereocenters. The average Bonchev–Trinajstić information content (AvgIpc) is 2.84. The normalized spacial score (nSPS) is 15.0. The standard InChI is InChI=1S/C12H14N6OS/c1-7-8(2)16-17-11(14-7)18-5-9(6-18)10(19)15-12-13-3-4-20-12/h3-4,9H,5-6H2,1-2H3,(H,13,15,19). The molecule has 1 aliphatic rings. The summed E-state index contributed by atoms with van der Waals surface area (Å²) < 4.78 is 0. The fourth-order valence-electron chi connectivity index (χ4n) is 1.88. The molecule has 1 amide bonds. The molecule has 3 heterocycles. The van der Waals surface area contributed by atoms with Gasteiger partial charge in [-0.1, -0.05) is 0 Å². The van der Waals surface area contributed by atoms with Gasteiger partial charge in [-0.15, -0.1) is 16.4 Å². The molecular formula is C12H14N6OS. The van der Waals surface area contributed by atoms with Crippen molar-refractivity contribution in [3.63, 3.8) is 0 Å². The summed E-state index contributed by atoms with van der Waals surface area (Å²) in [5.74, 6) is 0.531. The predicted molar refractivity (Wildman–Crippen MR) is 75.7 cm³/mol. The van der Waals surface area contributed by atoms with E-state index in [9.17, 15) is 4.79 Å². The number of aromatic nitrogens is 4. The van der Waals surface area contributed by atoms with Gasteiger partial charge >= 0.3 is 0 Å². The van der Waals surface area contributed by atoms with Crippen LogP contribution in [0.1, 0.15) is 11.4 Å². The molecule has 1 aliphatic heterocycles. The zero-order chi connectivity index (χ0) is 14.1. The van der Waals surface area contributed by atoms with Gasteiger partial charge in [0.25, 0.3) is 0 Å². The second-order valence-corrected chi connectivity index (χ2v) is 5.61. The number of rotatable bonds is 3. The molecule has 8 heteroatoms. The van der Waals surface area contributed by atoms with Crippen molar-refractivity contribution in [3.8, 4) is 0 Å². The van der Waals surface area contributed by atoms with E-state index in [1.165, 1.54) is 11.3 Å². The van der Waals surface area contributed by atoms with Gasteiger partial charge < -0.3 is 10.2 Å². The summed E-state index contributed by atoms with van der Waals surface area (Å²) in [5, 5.41) is 13.4. The monoisotopic (exact) mass is 290 g/mol. The maximum Gasteiger partial charge on any atom is 0.245 e. The lowest BCUT2D eigenvalue weighted by molar-refractivity contribution is -0.120. The van der Waals surface area contributed by atoms with E-state index in [0.29, 0.717) is 24.2 Å². The molecule has 1 N–H and O–H groups in total. The first-order chi connectivity index (χ1) is 9.63. The van der Waals surface area contributed by atoms with Gasteiger partial charge in [0.2, 0.25) is 11.9 Å². The quantitative estimate of drug-likeness (QED) is 0.908. The summed E-state index contributed by atoms with van der Waals surface area (Å²) in [6, 6.07) is 0. The number of anilines is 2. The smallest absolute Gasteiger partial charge is 0.245 e. The number of thiazole rings is 1. The molecule has 3 rings (SSSR count). The van der Waals surface area contributed by atoms with Gasteiger partial charge in [0.1, 0.15) is 0 Å². The summed E-state index contributed by atoms with van der Waals surface area (Å²) in [5.41, 5.74) is 1.69. The van der Waals surface area contributed by atoms with E-state index in [1.54, 1.807) is 6.20 Å². The second-order valence-electron chi connectivity index (χ2n) is 4.71. The zero-order valence-corrected chi connectivity index (χ0v) is 12.0. The van der Waals surface area contributed by atoms with E-state index in [1.807, 2.05) is 24.1 Å². The number of nitrogens with zero attached hydrogens (tertiary/aromatic N) is 5. The van der Waals surface area contributed by atoms with Crippen LogP contribution in [0.15, 0.2) is 11.6 Å². The fourth-order valence-corrected chi connectivity index (χ4v) is 2.41. The van der Waals surface area contributed by atoms with Gasteiger partial charge in [-0.25, -0.2) is 9.97 Å². The molecule has 0 saturated carbocycles. The Bertz CT molecular complexity index is 623.